The molecule has 4 aliphatic rings. The van der Waals surface area contributed by atoms with Gasteiger partial charge in [0, 0.05) is 24.9 Å². The quantitative estimate of drug-likeness (QED) is 0.644. The third-order valence-electron chi connectivity index (χ3n) is 8.73. The van der Waals surface area contributed by atoms with E-state index in [9.17, 15) is 15.0 Å². The third kappa shape index (κ3) is 3.53. The molecule has 1 amide bonds. The van der Waals surface area contributed by atoms with Crippen LogP contribution in [0, 0.1) is 22.7 Å². The van der Waals surface area contributed by atoms with Crippen molar-refractivity contribution in [2.75, 3.05) is 26.3 Å². The minimum Gasteiger partial charge on any atom is -0.394 e. The smallest absolute Gasteiger partial charge is 0.223 e. The fourth-order valence-electron chi connectivity index (χ4n) is 7.07. The number of carbonyl (C=O) groups excluding carboxylic acids is 1. The van der Waals surface area contributed by atoms with Gasteiger partial charge in [-0.15, -0.1) is 0 Å². The van der Waals surface area contributed by atoms with Crippen LogP contribution in [0.25, 0.3) is 0 Å². The second-order valence-corrected chi connectivity index (χ2v) is 10.2. The topological polar surface area (TPSA) is 105 Å². The number of hydrogen-bond acceptors (Lipinski definition) is 6. The predicted molar refractivity (Wildman–Crippen MR) is 108 cm³/mol. The van der Waals surface area contributed by atoms with Crippen LogP contribution in [0.1, 0.15) is 58.8 Å². The van der Waals surface area contributed by atoms with E-state index < -0.39 is 6.10 Å². The van der Waals surface area contributed by atoms with Crippen LogP contribution in [0.2, 0.25) is 0 Å². The maximum absolute atomic E-state index is 13.1. The second kappa shape index (κ2) is 8.08. The van der Waals surface area contributed by atoms with Gasteiger partial charge >= 0.3 is 0 Å². The third-order valence-corrected chi connectivity index (χ3v) is 8.73. The molecule has 0 radical (unpaired) electrons. The van der Waals surface area contributed by atoms with Gasteiger partial charge in [0.1, 0.15) is 0 Å². The standard InChI is InChI=1S/C22H38N2O5/c1-21-8-7-18-22(2,13-28-20(11-23)29-18)17(21)6-5-16(26)15(21)10-19(27)24-9-3-4-14(24)12-25/h14-18,20,25-26H,3-13,23H2,1-2H3. The molecule has 2 saturated heterocycles. The lowest BCUT2D eigenvalue weighted by Crippen LogP contribution is -2.63. The summed E-state index contributed by atoms with van der Waals surface area (Å²) < 4.78 is 12.1. The van der Waals surface area contributed by atoms with E-state index in [4.69, 9.17) is 15.2 Å². The molecular weight excluding hydrogens is 372 g/mol. The molecule has 0 aromatic rings. The first-order chi connectivity index (χ1) is 13.8. The van der Waals surface area contributed by atoms with Crippen molar-refractivity contribution in [1.29, 1.82) is 0 Å². The summed E-state index contributed by atoms with van der Waals surface area (Å²) in [6.07, 6.45) is 4.99. The summed E-state index contributed by atoms with van der Waals surface area (Å²) in [5, 5.41) is 20.6. The van der Waals surface area contributed by atoms with Crippen molar-refractivity contribution in [3.05, 3.63) is 0 Å². The van der Waals surface area contributed by atoms with Crippen molar-refractivity contribution in [3.63, 3.8) is 0 Å². The molecule has 2 aliphatic heterocycles. The van der Waals surface area contributed by atoms with E-state index in [0.29, 0.717) is 31.9 Å². The van der Waals surface area contributed by atoms with Crippen molar-refractivity contribution in [1.82, 2.24) is 4.90 Å². The van der Waals surface area contributed by atoms with Gasteiger partial charge in [0.05, 0.1) is 31.5 Å². The van der Waals surface area contributed by atoms with Gasteiger partial charge in [0.2, 0.25) is 5.91 Å². The number of aliphatic hydroxyl groups excluding tert-OH is 2. The Kier molecular flexibility index (Phi) is 5.99. The molecule has 0 spiro atoms. The van der Waals surface area contributed by atoms with Crippen molar-refractivity contribution >= 4 is 5.91 Å². The first kappa shape index (κ1) is 21.5. The summed E-state index contributed by atoms with van der Waals surface area (Å²) in [6.45, 7) is 6.25. The maximum Gasteiger partial charge on any atom is 0.223 e. The molecule has 4 N–H and O–H groups in total. The summed E-state index contributed by atoms with van der Waals surface area (Å²) in [7, 11) is 0. The van der Waals surface area contributed by atoms with Crippen molar-refractivity contribution in [2.45, 2.75) is 83.3 Å². The van der Waals surface area contributed by atoms with Gasteiger partial charge in [0.25, 0.3) is 0 Å². The number of ether oxygens (including phenoxy) is 2. The predicted octanol–water partition coefficient (Wildman–Crippen LogP) is 1.25. The molecule has 8 unspecified atom stereocenters. The van der Waals surface area contributed by atoms with Gasteiger partial charge in [0.15, 0.2) is 6.29 Å². The zero-order valence-corrected chi connectivity index (χ0v) is 17.9. The average Bonchev–Trinajstić information content (AvgIpc) is 3.19. The fraction of sp³-hybridized carbons (Fsp3) is 0.955. The Morgan fingerprint density at radius 3 is 2.72 bits per heavy atom. The minimum atomic E-state index is -0.460. The molecule has 166 valence electrons. The Morgan fingerprint density at radius 2 is 2.00 bits per heavy atom. The Hall–Kier alpha value is -0.730. The molecule has 29 heavy (non-hydrogen) atoms. The molecule has 4 rings (SSSR count). The first-order valence-corrected chi connectivity index (χ1v) is 11.4. The molecule has 4 fully saturated rings. The zero-order chi connectivity index (χ0) is 20.8. The zero-order valence-electron chi connectivity index (χ0n) is 17.9. The van der Waals surface area contributed by atoms with E-state index in [0.717, 1.165) is 38.6 Å². The molecular formula is C22H38N2O5. The molecule has 2 saturated carbocycles. The Labute approximate surface area is 173 Å². The van der Waals surface area contributed by atoms with Gasteiger partial charge in [-0.05, 0) is 55.8 Å². The molecule has 7 heteroatoms. The Balaban J connectivity index is 1.54. The minimum absolute atomic E-state index is 0.0234. The van der Waals surface area contributed by atoms with Crippen LogP contribution in [0.3, 0.4) is 0 Å². The number of aliphatic hydroxyl groups is 2. The highest BCUT2D eigenvalue weighted by Gasteiger charge is 2.61. The van der Waals surface area contributed by atoms with Crippen LogP contribution < -0.4 is 5.73 Å². The van der Waals surface area contributed by atoms with Crippen LogP contribution in [0.15, 0.2) is 0 Å². The lowest BCUT2D eigenvalue weighted by atomic mass is 9.46. The summed E-state index contributed by atoms with van der Waals surface area (Å²) in [4.78, 5) is 15.0. The van der Waals surface area contributed by atoms with Crippen molar-refractivity contribution in [2.24, 2.45) is 28.4 Å². The number of fused-ring (bicyclic) bond motifs is 3. The van der Waals surface area contributed by atoms with E-state index in [-0.39, 0.29) is 47.7 Å². The SMILES string of the molecule is CC12COC(CN)OC1CCC1(C)C(CC(=O)N3CCCC3CO)C(O)CCC21. The summed E-state index contributed by atoms with van der Waals surface area (Å²) in [5.41, 5.74) is 5.51. The lowest BCUT2D eigenvalue weighted by Gasteiger charge is -2.63. The number of nitrogens with two attached hydrogens (primary N) is 1. The summed E-state index contributed by atoms with van der Waals surface area (Å²) in [5.74, 6) is 0.346. The van der Waals surface area contributed by atoms with E-state index in [2.05, 4.69) is 13.8 Å². The van der Waals surface area contributed by atoms with Crippen molar-refractivity contribution < 1.29 is 24.5 Å². The average molecular weight is 411 g/mol. The second-order valence-electron chi connectivity index (χ2n) is 10.2. The number of rotatable bonds is 4. The van der Waals surface area contributed by atoms with E-state index >= 15 is 0 Å². The highest BCUT2D eigenvalue weighted by molar-refractivity contribution is 5.77. The van der Waals surface area contributed by atoms with E-state index in [1.807, 2.05) is 4.90 Å². The van der Waals surface area contributed by atoms with Crippen LogP contribution in [0.5, 0.6) is 0 Å². The summed E-state index contributed by atoms with van der Waals surface area (Å²) in [6, 6.07) is -0.0616. The van der Waals surface area contributed by atoms with E-state index in [1.165, 1.54) is 0 Å². The Bertz CT molecular complexity index is 618. The lowest BCUT2D eigenvalue weighted by molar-refractivity contribution is -0.305. The van der Waals surface area contributed by atoms with Gasteiger partial charge in [-0.2, -0.15) is 0 Å². The van der Waals surface area contributed by atoms with Gasteiger partial charge in [-0.1, -0.05) is 13.8 Å². The number of carbonyl (C=O) groups is 1. The van der Waals surface area contributed by atoms with E-state index in [1.54, 1.807) is 0 Å². The van der Waals surface area contributed by atoms with Crippen LogP contribution in [-0.2, 0) is 14.3 Å². The van der Waals surface area contributed by atoms with Gasteiger partial charge in [-0.25, -0.2) is 0 Å². The molecule has 8 atom stereocenters. The molecule has 7 nitrogen and oxygen atoms in total. The van der Waals surface area contributed by atoms with Crippen molar-refractivity contribution in [3.8, 4) is 0 Å². The van der Waals surface area contributed by atoms with Gasteiger partial charge < -0.3 is 30.3 Å². The number of amides is 1. The first-order valence-electron chi connectivity index (χ1n) is 11.4. The summed E-state index contributed by atoms with van der Waals surface area (Å²) >= 11 is 0. The highest BCUT2D eigenvalue weighted by atomic mass is 16.7. The van der Waals surface area contributed by atoms with Crippen LogP contribution >= 0.6 is 0 Å². The van der Waals surface area contributed by atoms with Crippen LogP contribution in [-0.4, -0.2) is 71.9 Å². The number of likely N-dealkylation sites (tertiary alicyclic amines) is 1. The molecule has 2 heterocycles. The monoisotopic (exact) mass is 410 g/mol. The molecule has 0 aromatic carbocycles. The molecule has 0 bridgehead atoms. The number of hydrogen-bond donors (Lipinski definition) is 3. The largest absolute Gasteiger partial charge is 0.394 e. The maximum atomic E-state index is 13.1. The molecule has 2 aliphatic carbocycles. The van der Waals surface area contributed by atoms with Crippen LogP contribution in [0.4, 0.5) is 0 Å². The molecule has 0 aromatic heterocycles. The fourth-order valence-corrected chi connectivity index (χ4v) is 7.07. The van der Waals surface area contributed by atoms with Gasteiger partial charge in [-0.3, -0.25) is 4.79 Å². The Morgan fingerprint density at radius 1 is 1.21 bits per heavy atom. The number of nitrogens with zero attached hydrogens (tertiary/aromatic N) is 1. The normalized spacial score (nSPS) is 47.6. The highest BCUT2D eigenvalue weighted by Crippen LogP contribution is 2.62.